The van der Waals surface area contributed by atoms with Crippen molar-refractivity contribution in [1.29, 1.82) is 0 Å². The third-order valence-electron chi connectivity index (χ3n) is 3.48. The second-order valence-electron chi connectivity index (χ2n) is 4.81. The van der Waals surface area contributed by atoms with Crippen LogP contribution in [0.15, 0.2) is 18.5 Å². The zero-order valence-corrected chi connectivity index (χ0v) is 10.3. The summed E-state index contributed by atoms with van der Waals surface area (Å²) in [5.41, 5.74) is 0. The van der Waals surface area contributed by atoms with E-state index >= 15 is 0 Å². The Bertz CT molecular complexity index is 328. The van der Waals surface area contributed by atoms with Crippen LogP contribution in [0, 0.1) is 5.92 Å². The third kappa shape index (κ3) is 4.21. The van der Waals surface area contributed by atoms with E-state index < -0.39 is 0 Å². The van der Waals surface area contributed by atoms with Gasteiger partial charge in [-0.3, -0.25) is 9.48 Å². The minimum atomic E-state index is 0.184. The molecule has 0 unspecified atom stereocenters. The highest BCUT2D eigenvalue weighted by Crippen LogP contribution is 2.28. The van der Waals surface area contributed by atoms with Crippen molar-refractivity contribution in [2.45, 2.75) is 45.1 Å². The van der Waals surface area contributed by atoms with Gasteiger partial charge in [0.2, 0.25) is 5.91 Å². The van der Waals surface area contributed by atoms with Crippen molar-refractivity contribution in [3.05, 3.63) is 18.5 Å². The van der Waals surface area contributed by atoms with Crippen molar-refractivity contribution in [1.82, 2.24) is 15.1 Å². The fourth-order valence-corrected chi connectivity index (χ4v) is 2.47. The fraction of sp³-hybridized carbons (Fsp3) is 0.692. The second-order valence-corrected chi connectivity index (χ2v) is 4.81. The molecule has 1 N–H and O–H groups in total. The average Bonchev–Trinajstić information content (AvgIpc) is 2.99. The van der Waals surface area contributed by atoms with Gasteiger partial charge >= 0.3 is 0 Å². The molecule has 0 spiro atoms. The predicted molar refractivity (Wildman–Crippen MR) is 66.4 cm³/mol. The summed E-state index contributed by atoms with van der Waals surface area (Å²) in [4.78, 5) is 11.6. The Kier molecular flexibility index (Phi) is 4.59. The fourth-order valence-electron chi connectivity index (χ4n) is 2.47. The Balaban J connectivity index is 1.54. The van der Waals surface area contributed by atoms with Crippen LogP contribution in [0.3, 0.4) is 0 Å². The van der Waals surface area contributed by atoms with E-state index in [2.05, 4.69) is 10.4 Å². The summed E-state index contributed by atoms with van der Waals surface area (Å²) < 4.78 is 1.83. The molecule has 17 heavy (non-hydrogen) atoms. The van der Waals surface area contributed by atoms with Crippen LogP contribution < -0.4 is 5.32 Å². The molecule has 4 nitrogen and oxygen atoms in total. The Hall–Kier alpha value is -1.32. The molecule has 0 radical (unpaired) electrons. The van der Waals surface area contributed by atoms with E-state index in [1.807, 2.05) is 16.9 Å². The summed E-state index contributed by atoms with van der Waals surface area (Å²) in [5, 5.41) is 7.03. The minimum Gasteiger partial charge on any atom is -0.354 e. The van der Waals surface area contributed by atoms with Crippen LogP contribution in [0.5, 0.6) is 0 Å². The van der Waals surface area contributed by atoms with Gasteiger partial charge in [0.1, 0.15) is 0 Å². The molecule has 1 fully saturated rings. The van der Waals surface area contributed by atoms with Crippen LogP contribution >= 0.6 is 0 Å². The van der Waals surface area contributed by atoms with Crippen LogP contribution in [-0.4, -0.2) is 22.2 Å². The number of amides is 1. The first-order chi connectivity index (χ1) is 8.34. The molecular weight excluding hydrogens is 214 g/mol. The Morgan fingerprint density at radius 1 is 1.41 bits per heavy atom. The number of carbonyl (C=O) groups excluding carboxylic acids is 1. The largest absolute Gasteiger partial charge is 0.354 e. The number of nitrogens with zero attached hydrogens (tertiary/aromatic N) is 2. The standard InChI is InChI=1S/C13H21N3O/c17-13(7-6-12-4-1-2-5-12)14-9-11-16-10-3-8-15-16/h3,8,10,12H,1-2,4-7,9,11H2,(H,14,17). The lowest BCUT2D eigenvalue weighted by Crippen LogP contribution is -2.27. The molecule has 94 valence electrons. The summed E-state index contributed by atoms with van der Waals surface area (Å²) in [5.74, 6) is 0.982. The number of hydrogen-bond donors (Lipinski definition) is 1. The topological polar surface area (TPSA) is 46.9 Å². The number of aromatic nitrogens is 2. The SMILES string of the molecule is O=C(CCC1CCCC1)NCCn1cccn1. The van der Waals surface area contributed by atoms with Gasteiger partial charge in [-0.1, -0.05) is 25.7 Å². The number of nitrogens with one attached hydrogen (secondary N) is 1. The molecular formula is C13H21N3O. The first-order valence-corrected chi connectivity index (χ1v) is 6.59. The predicted octanol–water partition coefficient (Wildman–Crippen LogP) is 1.97. The maximum Gasteiger partial charge on any atom is 0.220 e. The lowest BCUT2D eigenvalue weighted by atomic mass is 10.0. The van der Waals surface area contributed by atoms with E-state index in [-0.39, 0.29) is 5.91 Å². The van der Waals surface area contributed by atoms with Crippen molar-refractivity contribution in [2.75, 3.05) is 6.54 Å². The zero-order chi connectivity index (χ0) is 11.9. The van der Waals surface area contributed by atoms with Gasteiger partial charge in [0.25, 0.3) is 0 Å². The number of rotatable bonds is 6. The Morgan fingerprint density at radius 2 is 2.24 bits per heavy atom. The van der Waals surface area contributed by atoms with Crippen molar-refractivity contribution >= 4 is 5.91 Å². The zero-order valence-electron chi connectivity index (χ0n) is 10.3. The van der Waals surface area contributed by atoms with Crippen LogP contribution in [0.1, 0.15) is 38.5 Å². The van der Waals surface area contributed by atoms with E-state index in [0.717, 1.165) is 18.9 Å². The molecule has 1 aromatic heterocycles. The Labute approximate surface area is 102 Å². The normalized spacial score (nSPS) is 16.2. The molecule has 2 rings (SSSR count). The quantitative estimate of drug-likeness (QED) is 0.819. The van der Waals surface area contributed by atoms with Gasteiger partial charge < -0.3 is 5.32 Å². The van der Waals surface area contributed by atoms with E-state index in [0.29, 0.717) is 13.0 Å². The Morgan fingerprint density at radius 3 is 2.94 bits per heavy atom. The summed E-state index contributed by atoms with van der Waals surface area (Å²) in [6.07, 6.45) is 10.8. The molecule has 1 heterocycles. The summed E-state index contributed by atoms with van der Waals surface area (Å²) >= 11 is 0. The first kappa shape index (κ1) is 12.1. The third-order valence-corrected chi connectivity index (χ3v) is 3.48. The highest BCUT2D eigenvalue weighted by atomic mass is 16.1. The maximum atomic E-state index is 11.6. The monoisotopic (exact) mass is 235 g/mol. The van der Waals surface area contributed by atoms with Gasteiger partial charge in [0.05, 0.1) is 6.54 Å². The molecule has 0 saturated heterocycles. The molecule has 1 saturated carbocycles. The van der Waals surface area contributed by atoms with Crippen LogP contribution in [0.2, 0.25) is 0 Å². The van der Waals surface area contributed by atoms with Crippen molar-refractivity contribution in [2.24, 2.45) is 5.92 Å². The molecule has 1 aliphatic rings. The van der Waals surface area contributed by atoms with Gasteiger partial charge in [-0.25, -0.2) is 0 Å². The van der Waals surface area contributed by atoms with Crippen molar-refractivity contribution < 1.29 is 4.79 Å². The van der Waals surface area contributed by atoms with E-state index in [4.69, 9.17) is 0 Å². The number of carbonyl (C=O) groups is 1. The molecule has 1 aliphatic carbocycles. The van der Waals surface area contributed by atoms with Gasteiger partial charge in [0.15, 0.2) is 0 Å². The second kappa shape index (κ2) is 6.42. The summed E-state index contributed by atoms with van der Waals surface area (Å²) in [6, 6.07) is 1.89. The molecule has 1 amide bonds. The van der Waals surface area contributed by atoms with Crippen LogP contribution in [0.4, 0.5) is 0 Å². The first-order valence-electron chi connectivity index (χ1n) is 6.59. The average molecular weight is 235 g/mol. The highest BCUT2D eigenvalue weighted by molar-refractivity contribution is 5.75. The minimum absolute atomic E-state index is 0.184. The molecule has 0 atom stereocenters. The molecule has 4 heteroatoms. The van der Waals surface area contributed by atoms with Crippen LogP contribution in [0.25, 0.3) is 0 Å². The maximum absolute atomic E-state index is 11.6. The van der Waals surface area contributed by atoms with Crippen molar-refractivity contribution in [3.8, 4) is 0 Å². The molecule has 0 aromatic carbocycles. The van der Waals surface area contributed by atoms with Gasteiger partial charge in [0, 0.05) is 25.4 Å². The molecule has 0 bridgehead atoms. The lowest BCUT2D eigenvalue weighted by Gasteiger charge is -2.09. The molecule has 0 aliphatic heterocycles. The summed E-state index contributed by atoms with van der Waals surface area (Å²) in [6.45, 7) is 1.42. The van der Waals surface area contributed by atoms with Gasteiger partial charge in [-0.15, -0.1) is 0 Å². The van der Waals surface area contributed by atoms with E-state index in [1.54, 1.807) is 6.20 Å². The van der Waals surface area contributed by atoms with Gasteiger partial charge in [-0.05, 0) is 18.4 Å². The lowest BCUT2D eigenvalue weighted by molar-refractivity contribution is -0.121. The van der Waals surface area contributed by atoms with Crippen LogP contribution in [-0.2, 0) is 11.3 Å². The van der Waals surface area contributed by atoms with E-state index in [9.17, 15) is 4.79 Å². The van der Waals surface area contributed by atoms with Gasteiger partial charge in [-0.2, -0.15) is 5.10 Å². The highest BCUT2D eigenvalue weighted by Gasteiger charge is 2.15. The summed E-state index contributed by atoms with van der Waals surface area (Å²) in [7, 11) is 0. The van der Waals surface area contributed by atoms with E-state index in [1.165, 1.54) is 25.7 Å². The number of hydrogen-bond acceptors (Lipinski definition) is 2. The smallest absolute Gasteiger partial charge is 0.220 e. The molecule has 1 aromatic rings. The van der Waals surface area contributed by atoms with Crippen molar-refractivity contribution in [3.63, 3.8) is 0 Å².